The van der Waals surface area contributed by atoms with Crippen molar-refractivity contribution in [3.63, 3.8) is 0 Å². The van der Waals surface area contributed by atoms with Crippen LogP contribution in [0.3, 0.4) is 0 Å². The largest absolute Gasteiger partial charge is 0.504 e. The van der Waals surface area contributed by atoms with Gasteiger partial charge in [-0.05, 0) is 37.0 Å². The molecule has 4 nitrogen and oxygen atoms in total. The number of aromatic hydroxyl groups is 1. The Morgan fingerprint density at radius 3 is 2.75 bits per heavy atom. The van der Waals surface area contributed by atoms with Crippen molar-refractivity contribution in [2.75, 3.05) is 7.11 Å². The standard InChI is InChI=1S/C12H14N2O2/c1-16-11-9(7-13)4-8(5-10(11)15)6-12(14)2-3-12/h4-5,15H,2-3,6,14H2,1H3. The van der Waals surface area contributed by atoms with Gasteiger partial charge in [0.15, 0.2) is 11.5 Å². The fourth-order valence-electron chi connectivity index (χ4n) is 1.82. The second-order valence-electron chi connectivity index (χ2n) is 4.35. The van der Waals surface area contributed by atoms with Crippen LogP contribution in [0.15, 0.2) is 12.1 Å². The number of phenols is 1. The number of ether oxygens (including phenoxy) is 1. The fraction of sp³-hybridized carbons (Fsp3) is 0.417. The molecular formula is C12H14N2O2. The van der Waals surface area contributed by atoms with Crippen LogP contribution in [0.2, 0.25) is 0 Å². The van der Waals surface area contributed by atoms with Gasteiger partial charge in [0.1, 0.15) is 6.07 Å². The van der Waals surface area contributed by atoms with E-state index >= 15 is 0 Å². The van der Waals surface area contributed by atoms with Crippen LogP contribution in [0.25, 0.3) is 0 Å². The van der Waals surface area contributed by atoms with Crippen molar-refractivity contribution >= 4 is 0 Å². The van der Waals surface area contributed by atoms with Crippen LogP contribution < -0.4 is 10.5 Å². The van der Waals surface area contributed by atoms with E-state index in [-0.39, 0.29) is 17.0 Å². The first kappa shape index (κ1) is 10.8. The number of rotatable bonds is 3. The van der Waals surface area contributed by atoms with Gasteiger partial charge in [-0.15, -0.1) is 0 Å². The second kappa shape index (κ2) is 3.69. The maximum Gasteiger partial charge on any atom is 0.178 e. The molecule has 1 fully saturated rings. The van der Waals surface area contributed by atoms with Gasteiger partial charge in [0.05, 0.1) is 12.7 Å². The van der Waals surface area contributed by atoms with E-state index in [1.807, 2.05) is 6.07 Å². The van der Waals surface area contributed by atoms with Crippen LogP contribution in [-0.2, 0) is 6.42 Å². The van der Waals surface area contributed by atoms with Gasteiger partial charge in [-0.3, -0.25) is 0 Å². The molecule has 0 aromatic heterocycles. The molecule has 1 saturated carbocycles. The number of hydrogen-bond donors (Lipinski definition) is 2. The highest BCUT2D eigenvalue weighted by Gasteiger charge is 2.38. The predicted molar refractivity (Wildman–Crippen MR) is 59.2 cm³/mol. The lowest BCUT2D eigenvalue weighted by atomic mass is 10.0. The van der Waals surface area contributed by atoms with Crippen LogP contribution in [-0.4, -0.2) is 17.8 Å². The smallest absolute Gasteiger partial charge is 0.178 e. The zero-order valence-electron chi connectivity index (χ0n) is 9.16. The molecule has 0 heterocycles. The third-order valence-corrected chi connectivity index (χ3v) is 2.90. The van der Waals surface area contributed by atoms with E-state index in [9.17, 15) is 5.11 Å². The first-order valence-electron chi connectivity index (χ1n) is 5.17. The normalized spacial score (nSPS) is 16.6. The van der Waals surface area contributed by atoms with Crippen LogP contribution in [0, 0.1) is 11.3 Å². The van der Waals surface area contributed by atoms with Gasteiger partial charge in [0.2, 0.25) is 0 Å². The molecule has 16 heavy (non-hydrogen) atoms. The monoisotopic (exact) mass is 218 g/mol. The lowest BCUT2D eigenvalue weighted by molar-refractivity contribution is 0.372. The lowest BCUT2D eigenvalue weighted by Crippen LogP contribution is -2.24. The van der Waals surface area contributed by atoms with E-state index in [1.165, 1.54) is 7.11 Å². The molecule has 2 rings (SSSR count). The lowest BCUT2D eigenvalue weighted by Gasteiger charge is -2.11. The Morgan fingerprint density at radius 2 is 2.25 bits per heavy atom. The first-order chi connectivity index (χ1) is 7.58. The van der Waals surface area contributed by atoms with Crippen molar-refractivity contribution in [2.24, 2.45) is 5.73 Å². The van der Waals surface area contributed by atoms with Gasteiger partial charge in [0, 0.05) is 5.54 Å². The van der Waals surface area contributed by atoms with Crippen molar-refractivity contribution < 1.29 is 9.84 Å². The molecule has 0 unspecified atom stereocenters. The predicted octanol–water partition coefficient (Wildman–Crippen LogP) is 1.31. The molecule has 3 N–H and O–H groups in total. The van der Waals surface area contributed by atoms with Gasteiger partial charge < -0.3 is 15.6 Å². The zero-order valence-corrected chi connectivity index (χ0v) is 9.16. The minimum absolute atomic E-state index is 0.000741. The summed E-state index contributed by atoms with van der Waals surface area (Å²) in [6, 6.07) is 5.35. The quantitative estimate of drug-likeness (QED) is 0.801. The molecule has 4 heteroatoms. The number of nitriles is 1. The summed E-state index contributed by atoms with van der Waals surface area (Å²) in [5.74, 6) is 0.230. The highest BCUT2D eigenvalue weighted by molar-refractivity contribution is 5.54. The third-order valence-electron chi connectivity index (χ3n) is 2.90. The number of hydrogen-bond acceptors (Lipinski definition) is 4. The number of nitrogens with two attached hydrogens (primary N) is 1. The SMILES string of the molecule is COc1c(O)cc(CC2(N)CC2)cc1C#N. The number of benzene rings is 1. The average Bonchev–Trinajstić information content (AvgIpc) is 2.95. The number of methoxy groups -OCH3 is 1. The van der Waals surface area contributed by atoms with Crippen molar-refractivity contribution in [1.82, 2.24) is 0 Å². The summed E-state index contributed by atoms with van der Waals surface area (Å²) < 4.78 is 4.96. The second-order valence-corrected chi connectivity index (χ2v) is 4.35. The Morgan fingerprint density at radius 1 is 1.56 bits per heavy atom. The molecule has 1 aromatic rings. The summed E-state index contributed by atoms with van der Waals surface area (Å²) in [4.78, 5) is 0. The van der Waals surface area contributed by atoms with Crippen molar-refractivity contribution in [1.29, 1.82) is 5.26 Å². The number of phenolic OH excluding ortho intramolecular Hbond substituents is 1. The summed E-state index contributed by atoms with van der Waals surface area (Å²) in [6.07, 6.45) is 2.70. The van der Waals surface area contributed by atoms with Gasteiger partial charge >= 0.3 is 0 Å². The van der Waals surface area contributed by atoms with Gasteiger partial charge in [-0.2, -0.15) is 5.26 Å². The third kappa shape index (κ3) is 1.95. The molecule has 1 aliphatic rings. The molecule has 0 atom stereocenters. The maximum absolute atomic E-state index is 9.70. The minimum Gasteiger partial charge on any atom is -0.504 e. The van der Waals surface area contributed by atoms with Gasteiger partial charge in [-0.25, -0.2) is 0 Å². The first-order valence-corrected chi connectivity index (χ1v) is 5.17. The Kier molecular flexibility index (Phi) is 2.49. The maximum atomic E-state index is 9.70. The molecule has 0 saturated heterocycles. The average molecular weight is 218 g/mol. The molecule has 0 aliphatic heterocycles. The molecule has 0 spiro atoms. The van der Waals surface area contributed by atoms with Crippen LogP contribution in [0.4, 0.5) is 0 Å². The summed E-state index contributed by atoms with van der Waals surface area (Å²) in [7, 11) is 1.43. The molecule has 1 aromatic carbocycles. The van der Waals surface area contributed by atoms with Crippen LogP contribution in [0.5, 0.6) is 11.5 Å². The topological polar surface area (TPSA) is 79.3 Å². The highest BCUT2D eigenvalue weighted by atomic mass is 16.5. The molecule has 1 aliphatic carbocycles. The van der Waals surface area contributed by atoms with E-state index in [0.717, 1.165) is 18.4 Å². The van der Waals surface area contributed by atoms with Crippen LogP contribution >= 0.6 is 0 Å². The molecule has 0 amide bonds. The fourth-order valence-corrected chi connectivity index (χ4v) is 1.82. The van der Waals surface area contributed by atoms with Crippen molar-refractivity contribution in [2.45, 2.75) is 24.8 Å². The van der Waals surface area contributed by atoms with E-state index in [1.54, 1.807) is 12.1 Å². The Hall–Kier alpha value is -1.73. The van der Waals surface area contributed by atoms with Gasteiger partial charge in [-0.1, -0.05) is 0 Å². The highest BCUT2D eigenvalue weighted by Crippen LogP contribution is 2.38. The van der Waals surface area contributed by atoms with Gasteiger partial charge in [0.25, 0.3) is 0 Å². The minimum atomic E-state index is -0.131. The zero-order chi connectivity index (χ0) is 11.8. The van der Waals surface area contributed by atoms with E-state index < -0.39 is 0 Å². The Bertz CT molecular complexity index is 459. The molecular weight excluding hydrogens is 204 g/mol. The van der Waals surface area contributed by atoms with E-state index in [0.29, 0.717) is 12.0 Å². The summed E-state index contributed by atoms with van der Waals surface area (Å²) in [5, 5.41) is 18.6. The van der Waals surface area contributed by atoms with Crippen LogP contribution in [0.1, 0.15) is 24.0 Å². The summed E-state index contributed by atoms with van der Waals surface area (Å²) in [6.45, 7) is 0. The van der Waals surface area contributed by atoms with E-state index in [4.69, 9.17) is 15.7 Å². The molecule has 0 radical (unpaired) electrons. The molecule has 0 bridgehead atoms. The number of nitrogens with zero attached hydrogens (tertiary/aromatic N) is 1. The van der Waals surface area contributed by atoms with Crippen molar-refractivity contribution in [3.8, 4) is 17.6 Å². The summed E-state index contributed by atoms with van der Waals surface area (Å²) >= 11 is 0. The van der Waals surface area contributed by atoms with E-state index in [2.05, 4.69) is 0 Å². The Balaban J connectivity index is 2.34. The summed E-state index contributed by atoms with van der Waals surface area (Å²) in [5.41, 5.74) is 7.10. The van der Waals surface area contributed by atoms with Crippen molar-refractivity contribution in [3.05, 3.63) is 23.3 Å². The molecule has 84 valence electrons. The Labute approximate surface area is 94.3 Å².